The van der Waals surface area contributed by atoms with Gasteiger partial charge >= 0.3 is 0 Å². The van der Waals surface area contributed by atoms with E-state index in [1.54, 1.807) is 19.2 Å². The van der Waals surface area contributed by atoms with Crippen molar-refractivity contribution in [3.05, 3.63) is 59.2 Å². The van der Waals surface area contributed by atoms with E-state index < -0.39 is 10.0 Å². The molecule has 3 rings (SSSR count). The Morgan fingerprint density at radius 1 is 1.19 bits per heavy atom. The third kappa shape index (κ3) is 3.99. The van der Waals surface area contributed by atoms with Gasteiger partial charge in [0, 0.05) is 19.7 Å². The molecule has 7 heteroatoms. The van der Waals surface area contributed by atoms with E-state index >= 15 is 0 Å². The first-order valence-corrected chi connectivity index (χ1v) is 10.3. The number of benzene rings is 2. The summed E-state index contributed by atoms with van der Waals surface area (Å²) in [5.41, 5.74) is 2.60. The first-order chi connectivity index (χ1) is 12.8. The van der Waals surface area contributed by atoms with Crippen LogP contribution in [-0.4, -0.2) is 39.8 Å². The minimum absolute atomic E-state index is 0.0960. The largest absolute Gasteiger partial charge is 0.497 e. The van der Waals surface area contributed by atoms with Crippen molar-refractivity contribution >= 4 is 15.9 Å². The molecule has 0 heterocycles. The first-order valence-electron chi connectivity index (χ1n) is 8.83. The van der Waals surface area contributed by atoms with Crippen molar-refractivity contribution in [2.24, 2.45) is 0 Å². The number of carbonyl (C=O) groups is 1. The number of amides is 1. The number of hydrogen-bond acceptors (Lipinski definition) is 4. The summed E-state index contributed by atoms with van der Waals surface area (Å²) in [6, 6.07) is 11.9. The van der Waals surface area contributed by atoms with Gasteiger partial charge in [-0.3, -0.25) is 4.79 Å². The van der Waals surface area contributed by atoms with Gasteiger partial charge in [0.2, 0.25) is 10.0 Å². The monoisotopic (exact) mass is 388 g/mol. The minimum atomic E-state index is -3.58. The zero-order valence-corrected chi connectivity index (χ0v) is 16.5. The summed E-state index contributed by atoms with van der Waals surface area (Å²) in [5, 5.41) is 3.05. The molecule has 0 fully saturated rings. The van der Waals surface area contributed by atoms with Crippen LogP contribution >= 0.6 is 0 Å². The van der Waals surface area contributed by atoms with E-state index in [9.17, 15) is 13.2 Å². The van der Waals surface area contributed by atoms with Crippen LogP contribution in [0.5, 0.6) is 5.75 Å². The zero-order chi connectivity index (χ0) is 19.6. The summed E-state index contributed by atoms with van der Waals surface area (Å²) in [5.74, 6) is 0.529. The number of nitrogens with zero attached hydrogens (tertiary/aromatic N) is 1. The van der Waals surface area contributed by atoms with E-state index in [1.165, 1.54) is 31.8 Å². The third-order valence-corrected chi connectivity index (χ3v) is 6.66. The number of fused-ring (bicyclic) bond motifs is 1. The molecule has 1 aliphatic rings. The molecule has 0 saturated heterocycles. The van der Waals surface area contributed by atoms with E-state index in [0.29, 0.717) is 5.56 Å². The molecule has 1 amide bonds. The Labute approximate surface area is 160 Å². The number of nitrogens with one attached hydrogen (secondary N) is 1. The van der Waals surface area contributed by atoms with Gasteiger partial charge in [-0.15, -0.1) is 0 Å². The maximum Gasteiger partial charge on any atom is 0.251 e. The normalized spacial score (nSPS) is 16.7. The Kier molecular flexibility index (Phi) is 5.53. The van der Waals surface area contributed by atoms with Crippen LogP contribution in [-0.2, 0) is 16.4 Å². The molecule has 144 valence electrons. The highest BCUT2D eigenvalue weighted by Crippen LogP contribution is 2.32. The topological polar surface area (TPSA) is 75.7 Å². The maximum atomic E-state index is 12.8. The van der Waals surface area contributed by atoms with Crippen LogP contribution in [0.25, 0.3) is 0 Å². The number of methoxy groups -OCH3 is 1. The molecule has 1 atom stereocenters. The van der Waals surface area contributed by atoms with Crippen LogP contribution in [0.4, 0.5) is 0 Å². The van der Waals surface area contributed by atoms with E-state index in [4.69, 9.17) is 4.74 Å². The van der Waals surface area contributed by atoms with Gasteiger partial charge in [0.15, 0.2) is 0 Å². The van der Waals surface area contributed by atoms with Crippen molar-refractivity contribution in [3.8, 4) is 5.75 Å². The van der Waals surface area contributed by atoms with Gasteiger partial charge in [-0.2, -0.15) is 0 Å². The van der Waals surface area contributed by atoms with Gasteiger partial charge in [-0.1, -0.05) is 12.1 Å². The predicted molar refractivity (Wildman–Crippen MR) is 103 cm³/mol. The Bertz CT molecular complexity index is 954. The van der Waals surface area contributed by atoms with Crippen molar-refractivity contribution in [2.45, 2.75) is 30.2 Å². The average molecular weight is 388 g/mol. The fourth-order valence-corrected chi connectivity index (χ4v) is 4.27. The lowest BCUT2D eigenvalue weighted by Gasteiger charge is -2.27. The first kappa shape index (κ1) is 19.4. The third-order valence-electron chi connectivity index (χ3n) is 4.84. The van der Waals surface area contributed by atoms with Gasteiger partial charge in [-0.05, 0) is 60.7 Å². The Hall–Kier alpha value is -2.38. The highest BCUT2D eigenvalue weighted by Gasteiger charge is 2.24. The highest BCUT2D eigenvalue weighted by atomic mass is 32.2. The van der Waals surface area contributed by atoms with Crippen LogP contribution < -0.4 is 10.1 Å². The summed E-state index contributed by atoms with van der Waals surface area (Å²) in [4.78, 5) is 12.9. The molecule has 27 heavy (non-hydrogen) atoms. The fourth-order valence-electron chi connectivity index (χ4n) is 3.32. The van der Waals surface area contributed by atoms with E-state index in [2.05, 4.69) is 5.32 Å². The molecule has 0 aromatic heterocycles. The lowest BCUT2D eigenvalue weighted by Crippen LogP contribution is -2.31. The minimum Gasteiger partial charge on any atom is -0.497 e. The number of aryl methyl sites for hydroxylation is 1. The van der Waals surface area contributed by atoms with Crippen LogP contribution in [0.2, 0.25) is 0 Å². The molecule has 0 radical (unpaired) electrons. The van der Waals surface area contributed by atoms with Crippen LogP contribution in [0.15, 0.2) is 47.4 Å². The zero-order valence-electron chi connectivity index (χ0n) is 15.7. The highest BCUT2D eigenvalue weighted by molar-refractivity contribution is 7.89. The van der Waals surface area contributed by atoms with Crippen LogP contribution in [0, 0.1) is 0 Å². The molecule has 1 N–H and O–H groups in total. The molecule has 6 nitrogen and oxygen atoms in total. The maximum absolute atomic E-state index is 12.8. The van der Waals surface area contributed by atoms with Crippen molar-refractivity contribution in [1.82, 2.24) is 9.62 Å². The van der Waals surface area contributed by atoms with Gasteiger partial charge in [0.1, 0.15) is 5.75 Å². The Morgan fingerprint density at radius 3 is 2.67 bits per heavy atom. The molecular weight excluding hydrogens is 364 g/mol. The van der Waals surface area contributed by atoms with Gasteiger partial charge < -0.3 is 10.1 Å². The van der Waals surface area contributed by atoms with Gasteiger partial charge in [0.25, 0.3) is 5.91 Å². The smallest absolute Gasteiger partial charge is 0.251 e. The molecule has 0 bridgehead atoms. The lowest BCUT2D eigenvalue weighted by molar-refractivity contribution is 0.0932. The number of hydrogen-bond donors (Lipinski definition) is 1. The van der Waals surface area contributed by atoms with E-state index in [0.717, 1.165) is 34.9 Å². The second kappa shape index (κ2) is 7.70. The molecular formula is C20H24N2O4S. The molecule has 0 spiro atoms. The number of sulfonamides is 1. The molecule has 2 aromatic rings. The average Bonchev–Trinajstić information content (AvgIpc) is 2.67. The molecule has 2 aromatic carbocycles. The molecule has 1 aliphatic carbocycles. The van der Waals surface area contributed by atoms with Crippen molar-refractivity contribution in [2.75, 3.05) is 21.2 Å². The number of ether oxygens (including phenoxy) is 1. The molecule has 0 unspecified atom stereocenters. The second-order valence-corrected chi connectivity index (χ2v) is 8.95. The predicted octanol–water partition coefficient (Wildman–Crippen LogP) is 2.75. The van der Waals surface area contributed by atoms with Crippen molar-refractivity contribution in [3.63, 3.8) is 0 Å². The van der Waals surface area contributed by atoms with E-state index in [1.807, 2.05) is 18.2 Å². The van der Waals surface area contributed by atoms with Crippen LogP contribution in [0.3, 0.4) is 0 Å². The SMILES string of the molecule is COc1ccc2c(c1)CCC[C@H]2NC(=O)c1cccc(S(=O)(=O)N(C)C)c1. The van der Waals surface area contributed by atoms with Crippen molar-refractivity contribution < 1.29 is 17.9 Å². The summed E-state index contributed by atoms with van der Waals surface area (Å²) in [6.07, 6.45) is 2.77. The summed E-state index contributed by atoms with van der Waals surface area (Å²) in [7, 11) is 0.990. The number of rotatable bonds is 5. The summed E-state index contributed by atoms with van der Waals surface area (Å²) in [6.45, 7) is 0. The standard InChI is InChI=1S/C20H24N2O4S/c1-22(2)27(24,25)17-8-4-7-15(13-17)20(23)21-19-9-5-6-14-12-16(26-3)10-11-18(14)19/h4,7-8,10-13,19H,5-6,9H2,1-3H3,(H,21,23)/t19-/m1/s1. The summed E-state index contributed by atoms with van der Waals surface area (Å²) < 4.78 is 31.0. The van der Waals surface area contributed by atoms with Gasteiger partial charge in [-0.25, -0.2) is 12.7 Å². The number of carbonyl (C=O) groups excluding carboxylic acids is 1. The van der Waals surface area contributed by atoms with E-state index in [-0.39, 0.29) is 16.8 Å². The van der Waals surface area contributed by atoms with Crippen LogP contribution in [0.1, 0.15) is 40.4 Å². The molecule has 0 saturated carbocycles. The Balaban J connectivity index is 1.83. The quantitative estimate of drug-likeness (QED) is 0.855. The van der Waals surface area contributed by atoms with Crippen molar-refractivity contribution in [1.29, 1.82) is 0 Å². The molecule has 0 aliphatic heterocycles. The Morgan fingerprint density at radius 2 is 1.96 bits per heavy atom. The summed E-state index contributed by atoms with van der Waals surface area (Å²) >= 11 is 0. The fraction of sp³-hybridized carbons (Fsp3) is 0.350. The van der Waals surface area contributed by atoms with Gasteiger partial charge in [0.05, 0.1) is 18.0 Å². The second-order valence-electron chi connectivity index (χ2n) is 6.80. The lowest BCUT2D eigenvalue weighted by atomic mass is 9.87.